The number of alkyl halides is 2. The Morgan fingerprint density at radius 2 is 1.97 bits per heavy atom. The van der Waals surface area contributed by atoms with Crippen LogP contribution in [-0.4, -0.2) is 55.1 Å². The molecule has 0 aromatic carbocycles. The van der Waals surface area contributed by atoms with E-state index in [2.05, 4.69) is 17.6 Å². The van der Waals surface area contributed by atoms with Crippen molar-refractivity contribution in [3.63, 3.8) is 0 Å². The maximum absolute atomic E-state index is 17.3. The van der Waals surface area contributed by atoms with Crippen LogP contribution in [0.1, 0.15) is 50.5 Å². The van der Waals surface area contributed by atoms with E-state index in [0.717, 1.165) is 6.08 Å². The molecule has 5 rings (SSSR count). The second-order valence-electron chi connectivity index (χ2n) is 11.3. The SMILES string of the molecule is C[C@@H]1C[C@H]2[C@@H]3C[C@H](F)C4=CC(=O)C=C[C@]4(C)[C@@]3(F)[C@@H](O)C[C@]2(C)[C@@]1(OC(=O)c1cncn1C)C(=O)S. The van der Waals surface area contributed by atoms with Crippen LogP contribution in [0.15, 0.2) is 36.3 Å². The van der Waals surface area contributed by atoms with Gasteiger partial charge in [-0.25, -0.2) is 18.6 Å². The average Bonchev–Trinajstić information content (AvgIpc) is 3.32. The number of aliphatic hydroxyl groups excluding tert-OH is 1. The van der Waals surface area contributed by atoms with E-state index in [1.54, 1.807) is 20.9 Å². The molecular weight excluding hydrogens is 490 g/mol. The summed E-state index contributed by atoms with van der Waals surface area (Å²) in [5.74, 6) is -3.36. The van der Waals surface area contributed by atoms with Crippen molar-refractivity contribution in [2.24, 2.45) is 35.6 Å². The molecule has 36 heavy (non-hydrogen) atoms. The topological polar surface area (TPSA) is 98.5 Å². The third-order valence-electron chi connectivity index (χ3n) is 9.77. The lowest BCUT2D eigenvalue weighted by atomic mass is 9.44. The zero-order valence-corrected chi connectivity index (χ0v) is 21.5. The van der Waals surface area contributed by atoms with Gasteiger partial charge in [0.15, 0.2) is 17.1 Å². The Bertz CT molecular complexity index is 1230. The van der Waals surface area contributed by atoms with E-state index in [4.69, 9.17) is 4.74 Å². The molecular formula is C26H30F2N2O5S. The van der Waals surface area contributed by atoms with Crippen molar-refractivity contribution in [2.45, 2.75) is 63.6 Å². The quantitative estimate of drug-likeness (QED) is 0.469. The van der Waals surface area contributed by atoms with E-state index in [1.807, 2.05) is 0 Å². The van der Waals surface area contributed by atoms with E-state index >= 15 is 8.78 Å². The summed E-state index contributed by atoms with van der Waals surface area (Å²) in [6.07, 6.45) is 3.07. The van der Waals surface area contributed by atoms with Gasteiger partial charge < -0.3 is 14.4 Å². The van der Waals surface area contributed by atoms with Crippen LogP contribution in [0.25, 0.3) is 0 Å². The Balaban J connectivity index is 1.62. The molecule has 0 aliphatic heterocycles. The number of imidazole rings is 1. The number of hydrogen-bond acceptors (Lipinski definition) is 6. The summed E-state index contributed by atoms with van der Waals surface area (Å²) in [7, 11) is 1.61. The molecule has 9 atom stereocenters. The summed E-state index contributed by atoms with van der Waals surface area (Å²) in [6, 6.07) is 0. The van der Waals surface area contributed by atoms with Crippen molar-refractivity contribution in [1.29, 1.82) is 0 Å². The summed E-state index contributed by atoms with van der Waals surface area (Å²) in [5.41, 5.74) is -6.66. The number of carbonyl (C=O) groups is 3. The average molecular weight is 521 g/mol. The molecule has 1 aromatic heterocycles. The molecule has 7 nitrogen and oxygen atoms in total. The van der Waals surface area contributed by atoms with Crippen LogP contribution in [0.3, 0.4) is 0 Å². The third-order valence-corrected chi connectivity index (χ3v) is 10.1. The number of allylic oxidation sites excluding steroid dienone is 4. The Morgan fingerprint density at radius 3 is 2.58 bits per heavy atom. The van der Waals surface area contributed by atoms with Gasteiger partial charge in [-0.15, -0.1) is 12.6 Å². The molecule has 194 valence electrons. The van der Waals surface area contributed by atoms with Crippen LogP contribution in [0.4, 0.5) is 8.78 Å². The van der Waals surface area contributed by atoms with Crippen molar-refractivity contribution >= 4 is 29.5 Å². The molecule has 10 heteroatoms. The van der Waals surface area contributed by atoms with Gasteiger partial charge in [-0.2, -0.15) is 0 Å². The highest BCUT2D eigenvalue weighted by molar-refractivity contribution is 7.96. The van der Waals surface area contributed by atoms with Gasteiger partial charge in [0.25, 0.3) is 0 Å². The van der Waals surface area contributed by atoms with E-state index in [0.29, 0.717) is 0 Å². The highest BCUT2D eigenvalue weighted by Gasteiger charge is 2.78. The number of rotatable bonds is 3. The lowest BCUT2D eigenvalue weighted by Crippen LogP contribution is -2.70. The summed E-state index contributed by atoms with van der Waals surface area (Å²) in [4.78, 5) is 42.3. The van der Waals surface area contributed by atoms with E-state index < -0.39 is 69.0 Å². The number of esters is 1. The van der Waals surface area contributed by atoms with Crippen LogP contribution < -0.4 is 0 Å². The van der Waals surface area contributed by atoms with E-state index in [1.165, 1.54) is 36.2 Å². The molecule has 3 fully saturated rings. The standard InChI is InChI=1S/C26H30F2N2O5S/c1-13-7-15-16-9-18(27)17-8-14(31)5-6-23(17,2)25(16,28)20(32)10-24(15,3)26(13,22(34)36)35-21(33)19-11-29-12-30(19)4/h5-6,8,11-13,15-16,18,20,32H,7,9-10H2,1-4H3,(H,34,36)/t13-,15+,16+,18+,20+,23+,24+,25+,26+/m1/s1. The van der Waals surface area contributed by atoms with Gasteiger partial charge in [0.1, 0.15) is 11.9 Å². The molecule has 0 radical (unpaired) electrons. The fourth-order valence-electron chi connectivity index (χ4n) is 7.99. The smallest absolute Gasteiger partial charge is 0.357 e. The Hall–Kier alpha value is -2.33. The van der Waals surface area contributed by atoms with Crippen LogP contribution in [0, 0.1) is 28.6 Å². The zero-order valence-electron chi connectivity index (χ0n) is 20.6. The fraction of sp³-hybridized carbons (Fsp3) is 0.615. The van der Waals surface area contributed by atoms with E-state index in [9.17, 15) is 19.5 Å². The second kappa shape index (κ2) is 7.84. The summed E-state index contributed by atoms with van der Waals surface area (Å²) < 4.78 is 40.4. The van der Waals surface area contributed by atoms with Gasteiger partial charge >= 0.3 is 5.97 Å². The number of ketones is 1. The van der Waals surface area contributed by atoms with Crippen molar-refractivity contribution in [1.82, 2.24) is 9.55 Å². The van der Waals surface area contributed by atoms with Crippen molar-refractivity contribution < 1.29 is 33.0 Å². The molecule has 1 N–H and O–H groups in total. The maximum Gasteiger partial charge on any atom is 0.357 e. The number of fused-ring (bicyclic) bond motifs is 5. The Kier molecular flexibility index (Phi) is 5.51. The molecule has 3 saturated carbocycles. The number of carbonyl (C=O) groups excluding carboxylic acids is 3. The molecule has 1 heterocycles. The zero-order chi connectivity index (χ0) is 26.4. The molecule has 4 aliphatic carbocycles. The number of aliphatic hydroxyl groups is 1. The van der Waals surface area contributed by atoms with E-state index in [-0.39, 0.29) is 30.5 Å². The van der Waals surface area contributed by atoms with Gasteiger partial charge in [-0.3, -0.25) is 9.59 Å². The minimum absolute atomic E-state index is 0.0293. The second-order valence-corrected chi connectivity index (χ2v) is 11.7. The van der Waals surface area contributed by atoms with Gasteiger partial charge in [0.05, 0.1) is 18.6 Å². The first kappa shape index (κ1) is 25.3. The van der Waals surface area contributed by atoms with Gasteiger partial charge in [-0.05, 0) is 49.8 Å². The number of halogens is 2. The molecule has 4 aliphatic rings. The first-order valence-corrected chi connectivity index (χ1v) is 12.6. The highest BCUT2D eigenvalue weighted by Crippen LogP contribution is 2.71. The molecule has 1 aromatic rings. The lowest BCUT2D eigenvalue weighted by Gasteiger charge is -2.63. The van der Waals surface area contributed by atoms with Crippen LogP contribution in [0.5, 0.6) is 0 Å². The highest BCUT2D eigenvalue weighted by atomic mass is 32.1. The monoisotopic (exact) mass is 520 g/mol. The maximum atomic E-state index is 17.3. The number of ether oxygens (including phenoxy) is 1. The van der Waals surface area contributed by atoms with Crippen LogP contribution in [0.2, 0.25) is 0 Å². The number of aromatic nitrogens is 2. The Morgan fingerprint density at radius 1 is 1.28 bits per heavy atom. The number of nitrogens with zero attached hydrogens (tertiary/aromatic N) is 2. The minimum Gasteiger partial charge on any atom is -0.444 e. The molecule has 0 bridgehead atoms. The van der Waals surface area contributed by atoms with Crippen LogP contribution >= 0.6 is 12.6 Å². The first-order chi connectivity index (χ1) is 16.7. The third kappa shape index (κ3) is 2.88. The Labute approximate surface area is 213 Å². The molecule has 0 saturated heterocycles. The van der Waals surface area contributed by atoms with Gasteiger partial charge in [-0.1, -0.05) is 19.9 Å². The summed E-state index contributed by atoms with van der Waals surface area (Å²) >= 11 is 4.15. The number of aryl methyl sites for hydroxylation is 1. The molecule has 0 amide bonds. The minimum atomic E-state index is -2.29. The molecule has 0 spiro atoms. The molecule has 0 unspecified atom stereocenters. The predicted molar refractivity (Wildman–Crippen MR) is 129 cm³/mol. The van der Waals surface area contributed by atoms with Gasteiger partial charge in [0.2, 0.25) is 5.12 Å². The normalized spacial score (nSPS) is 45.4. The van der Waals surface area contributed by atoms with Crippen molar-refractivity contribution in [3.8, 4) is 0 Å². The van der Waals surface area contributed by atoms with Gasteiger partial charge in [0, 0.05) is 29.7 Å². The number of thiol groups is 1. The number of hydrogen-bond donors (Lipinski definition) is 2. The first-order valence-electron chi connectivity index (χ1n) is 12.1. The lowest BCUT2D eigenvalue weighted by molar-refractivity contribution is -0.221. The van der Waals surface area contributed by atoms with Crippen molar-refractivity contribution in [3.05, 3.63) is 42.0 Å². The fourth-order valence-corrected chi connectivity index (χ4v) is 8.51. The van der Waals surface area contributed by atoms with Crippen LogP contribution in [-0.2, 0) is 21.4 Å². The predicted octanol–water partition coefficient (Wildman–Crippen LogP) is 3.34. The summed E-state index contributed by atoms with van der Waals surface area (Å²) in [6.45, 7) is 4.96. The summed E-state index contributed by atoms with van der Waals surface area (Å²) in [5, 5.41) is 10.8. The largest absolute Gasteiger partial charge is 0.444 e. The van der Waals surface area contributed by atoms with Crippen molar-refractivity contribution in [2.75, 3.05) is 0 Å².